The molecule has 0 N–H and O–H groups in total. The fraction of sp³-hybridized carbons (Fsp3) is 0. The Morgan fingerprint density at radius 2 is 0.509 bits per heavy atom. The fourth-order valence-electron chi connectivity index (χ4n) is 6.67. The van der Waals surface area contributed by atoms with E-state index in [9.17, 15) is 4.57 Å². The van der Waals surface area contributed by atoms with Gasteiger partial charge < -0.3 is 13.6 Å². The van der Waals surface area contributed by atoms with E-state index in [0.717, 1.165) is 49.5 Å². The van der Waals surface area contributed by atoms with Crippen molar-refractivity contribution < 1.29 is 18.1 Å². The maximum atomic E-state index is 14.6. The van der Waals surface area contributed by atoms with Crippen LogP contribution in [0.4, 0.5) is 0 Å². The molecule has 0 aliphatic carbocycles. The first kappa shape index (κ1) is 32.3. The van der Waals surface area contributed by atoms with Gasteiger partial charge in [0.05, 0.1) is 0 Å². The molecule has 0 saturated carbocycles. The van der Waals surface area contributed by atoms with Crippen LogP contribution in [0.25, 0.3) is 65.7 Å². The molecule has 0 amide bonds. The van der Waals surface area contributed by atoms with Crippen LogP contribution in [0.3, 0.4) is 0 Å². The summed E-state index contributed by atoms with van der Waals surface area (Å²) in [7, 11) is -4.24. The number of fused-ring (bicyclic) bond motifs is 3. The highest BCUT2D eigenvalue weighted by molar-refractivity contribution is 7.49. The summed E-state index contributed by atoms with van der Waals surface area (Å²) < 4.78 is 32.9. The van der Waals surface area contributed by atoms with Crippen molar-refractivity contribution in [2.24, 2.45) is 0 Å². The van der Waals surface area contributed by atoms with E-state index < -0.39 is 7.82 Å². The molecule has 0 atom stereocenters. The molecule has 0 saturated heterocycles. The SMILES string of the molecule is O=P(Oc1ccc(-c2ccc3ccccc3c2)cc1)(Oc1ccc(-c2ccc3ccccc3c2)cc1)Oc1ccc(-c2ccc3ccccc3c2)cc1. The second-order valence-electron chi connectivity index (χ2n) is 13.0. The van der Waals surface area contributed by atoms with E-state index in [1.54, 1.807) is 36.4 Å². The van der Waals surface area contributed by atoms with Crippen molar-refractivity contribution >= 4 is 40.1 Å². The molecule has 0 spiro atoms. The summed E-state index contributed by atoms with van der Waals surface area (Å²) in [6.07, 6.45) is 0. The highest BCUT2D eigenvalue weighted by Crippen LogP contribution is 2.50. The van der Waals surface area contributed by atoms with Gasteiger partial charge in [-0.2, -0.15) is 4.57 Å². The molecule has 0 radical (unpaired) electrons. The zero-order chi connectivity index (χ0) is 35.6. The zero-order valence-corrected chi connectivity index (χ0v) is 29.5. The molecule has 0 bridgehead atoms. The number of benzene rings is 9. The molecule has 0 aliphatic rings. The minimum atomic E-state index is -4.24. The van der Waals surface area contributed by atoms with Gasteiger partial charge in [-0.15, -0.1) is 0 Å². The van der Waals surface area contributed by atoms with Crippen LogP contribution in [-0.4, -0.2) is 0 Å². The summed E-state index contributed by atoms with van der Waals surface area (Å²) in [5.74, 6) is 1.08. The van der Waals surface area contributed by atoms with Gasteiger partial charge in [-0.25, -0.2) is 0 Å². The van der Waals surface area contributed by atoms with E-state index in [4.69, 9.17) is 13.6 Å². The lowest BCUT2D eigenvalue weighted by Gasteiger charge is -2.20. The molecule has 0 fully saturated rings. The Bertz CT molecular complexity index is 2470. The summed E-state index contributed by atoms with van der Waals surface area (Å²) in [5, 5.41) is 7.03. The summed E-state index contributed by atoms with van der Waals surface area (Å²) >= 11 is 0. The topological polar surface area (TPSA) is 44.8 Å². The summed E-state index contributed by atoms with van der Waals surface area (Å²) in [6.45, 7) is 0. The van der Waals surface area contributed by atoms with E-state index in [1.165, 1.54) is 16.2 Å². The summed E-state index contributed by atoms with van der Waals surface area (Å²) in [4.78, 5) is 0. The molecular weight excluding hydrogens is 671 g/mol. The number of phosphoric acid groups is 1. The molecule has 254 valence electrons. The normalized spacial score (nSPS) is 11.5. The predicted octanol–water partition coefficient (Wildman–Crippen LogP) is 13.8. The van der Waals surface area contributed by atoms with Crippen molar-refractivity contribution in [1.29, 1.82) is 0 Å². The first-order chi connectivity index (χ1) is 26.0. The number of hydrogen-bond acceptors (Lipinski definition) is 4. The van der Waals surface area contributed by atoms with Crippen LogP contribution in [0, 0.1) is 0 Å². The van der Waals surface area contributed by atoms with Crippen LogP contribution in [-0.2, 0) is 4.57 Å². The van der Waals surface area contributed by atoms with Crippen molar-refractivity contribution in [2.45, 2.75) is 0 Å². The first-order valence-electron chi connectivity index (χ1n) is 17.5. The van der Waals surface area contributed by atoms with Crippen LogP contribution in [0.15, 0.2) is 200 Å². The van der Waals surface area contributed by atoms with E-state index in [0.29, 0.717) is 17.2 Å². The Labute approximate surface area is 308 Å². The predicted molar refractivity (Wildman–Crippen MR) is 218 cm³/mol. The van der Waals surface area contributed by atoms with Crippen LogP contribution >= 0.6 is 7.82 Å². The van der Waals surface area contributed by atoms with Gasteiger partial charge in [0.1, 0.15) is 17.2 Å². The lowest BCUT2D eigenvalue weighted by Crippen LogP contribution is -2.07. The monoisotopic (exact) mass is 704 g/mol. The largest absolute Gasteiger partial charge is 0.647 e. The number of rotatable bonds is 9. The highest BCUT2D eigenvalue weighted by atomic mass is 31.2. The average molecular weight is 705 g/mol. The Hall–Kier alpha value is -6.61. The lowest BCUT2D eigenvalue weighted by atomic mass is 10.0. The Balaban J connectivity index is 0.991. The van der Waals surface area contributed by atoms with Crippen molar-refractivity contribution in [2.75, 3.05) is 0 Å². The average Bonchev–Trinajstić information content (AvgIpc) is 3.21. The van der Waals surface area contributed by atoms with Crippen molar-refractivity contribution in [3.63, 3.8) is 0 Å². The van der Waals surface area contributed by atoms with Crippen molar-refractivity contribution in [1.82, 2.24) is 0 Å². The third kappa shape index (κ3) is 7.01. The highest BCUT2D eigenvalue weighted by Gasteiger charge is 2.33. The number of hydrogen-bond donors (Lipinski definition) is 0. The lowest BCUT2D eigenvalue weighted by molar-refractivity contribution is 0.298. The Kier molecular flexibility index (Phi) is 8.44. The maximum absolute atomic E-state index is 14.6. The Morgan fingerprint density at radius 1 is 0.264 bits per heavy atom. The third-order valence-corrected chi connectivity index (χ3v) is 10.8. The van der Waals surface area contributed by atoms with Gasteiger partial charge in [0, 0.05) is 0 Å². The van der Waals surface area contributed by atoms with Crippen LogP contribution in [0.5, 0.6) is 17.2 Å². The molecule has 9 aromatic rings. The van der Waals surface area contributed by atoms with Gasteiger partial charge in [-0.3, -0.25) is 0 Å². The summed E-state index contributed by atoms with van der Waals surface area (Å²) in [5.41, 5.74) is 6.24. The molecule has 4 nitrogen and oxygen atoms in total. The Morgan fingerprint density at radius 3 is 0.792 bits per heavy atom. The molecule has 0 heterocycles. The zero-order valence-electron chi connectivity index (χ0n) is 28.6. The quantitative estimate of drug-likeness (QED) is 0.140. The van der Waals surface area contributed by atoms with Gasteiger partial charge in [0.15, 0.2) is 0 Å². The van der Waals surface area contributed by atoms with Gasteiger partial charge >= 0.3 is 7.82 Å². The summed E-state index contributed by atoms with van der Waals surface area (Å²) in [6, 6.07) is 66.3. The standard InChI is InChI=1S/C48H33O4P/c49-53(50-46-25-19-37(20-26-46)43-16-13-34-7-1-4-10-40(34)31-43,51-47-27-21-38(22-28-47)44-17-14-35-8-2-5-11-41(35)32-44)52-48-29-23-39(24-30-48)45-18-15-36-9-3-6-12-42(36)33-45/h1-33H. The smallest absolute Gasteiger partial charge is 0.386 e. The first-order valence-corrected chi connectivity index (χ1v) is 19.0. The van der Waals surface area contributed by atoms with Crippen LogP contribution in [0.2, 0.25) is 0 Å². The second kappa shape index (κ2) is 13.8. The van der Waals surface area contributed by atoms with Crippen molar-refractivity contribution in [3.8, 4) is 50.6 Å². The fourth-order valence-corrected chi connectivity index (χ4v) is 7.93. The molecule has 9 rings (SSSR count). The molecule has 0 unspecified atom stereocenters. The van der Waals surface area contributed by atoms with Crippen LogP contribution < -0.4 is 13.6 Å². The third-order valence-electron chi connectivity index (χ3n) is 9.46. The molecule has 0 aromatic heterocycles. The maximum Gasteiger partial charge on any atom is 0.647 e. The van der Waals surface area contributed by atoms with E-state index in [1.807, 2.05) is 72.8 Å². The van der Waals surface area contributed by atoms with Gasteiger partial charge in [-0.1, -0.05) is 146 Å². The molecule has 53 heavy (non-hydrogen) atoms. The van der Waals surface area contributed by atoms with Gasteiger partial charge in [-0.05, 0) is 120 Å². The van der Waals surface area contributed by atoms with Gasteiger partial charge in [0.2, 0.25) is 0 Å². The minimum absolute atomic E-state index is 0.360. The van der Waals surface area contributed by atoms with Crippen molar-refractivity contribution in [3.05, 3.63) is 200 Å². The second-order valence-corrected chi connectivity index (χ2v) is 14.4. The van der Waals surface area contributed by atoms with Gasteiger partial charge in [0.25, 0.3) is 0 Å². The van der Waals surface area contributed by atoms with E-state index >= 15 is 0 Å². The number of phosphoric ester groups is 1. The van der Waals surface area contributed by atoms with E-state index in [-0.39, 0.29) is 0 Å². The van der Waals surface area contributed by atoms with Crippen LogP contribution in [0.1, 0.15) is 0 Å². The molecule has 5 heteroatoms. The molecule has 0 aliphatic heterocycles. The molecular formula is C48H33O4P. The molecule has 9 aromatic carbocycles. The van der Waals surface area contributed by atoms with E-state index in [2.05, 4.69) is 91.0 Å². The minimum Gasteiger partial charge on any atom is -0.386 e.